The number of nitrogens with one attached hydrogen (secondary N) is 2. The Balaban J connectivity index is 3.00. The molecule has 0 fully saturated rings. The predicted molar refractivity (Wildman–Crippen MR) is 66.6 cm³/mol. The van der Waals surface area contributed by atoms with Crippen molar-refractivity contribution >= 4 is 11.6 Å². The maximum absolute atomic E-state index is 12.7. The number of halogens is 3. The molecule has 19 heavy (non-hydrogen) atoms. The number of hydrogen-bond acceptors (Lipinski definition) is 5. The van der Waals surface area contributed by atoms with Crippen molar-refractivity contribution in [2.75, 3.05) is 24.5 Å². The number of rotatable bonds is 6. The van der Waals surface area contributed by atoms with Crippen molar-refractivity contribution < 1.29 is 17.9 Å². The van der Waals surface area contributed by atoms with Crippen LogP contribution in [0.3, 0.4) is 0 Å². The SMILES string of the molecule is CCC(COC)Nc1cc(C(F)(F)F)cc(NN)n1. The second-order valence-electron chi connectivity index (χ2n) is 3.97. The van der Waals surface area contributed by atoms with Gasteiger partial charge >= 0.3 is 6.18 Å². The summed E-state index contributed by atoms with van der Waals surface area (Å²) in [6, 6.07) is 1.67. The van der Waals surface area contributed by atoms with E-state index in [0.29, 0.717) is 13.0 Å². The average Bonchev–Trinajstić information content (AvgIpc) is 2.36. The van der Waals surface area contributed by atoms with E-state index in [0.717, 1.165) is 12.1 Å². The number of methoxy groups -OCH3 is 1. The molecule has 108 valence electrons. The molecule has 5 nitrogen and oxygen atoms in total. The number of nitrogens with zero attached hydrogens (tertiary/aromatic N) is 1. The lowest BCUT2D eigenvalue weighted by Gasteiger charge is -2.18. The first-order chi connectivity index (χ1) is 8.90. The van der Waals surface area contributed by atoms with Crippen molar-refractivity contribution in [3.05, 3.63) is 17.7 Å². The minimum Gasteiger partial charge on any atom is -0.383 e. The first-order valence-corrected chi connectivity index (χ1v) is 5.72. The Bertz CT molecular complexity index is 411. The van der Waals surface area contributed by atoms with Gasteiger partial charge in [-0.15, -0.1) is 0 Å². The summed E-state index contributed by atoms with van der Waals surface area (Å²) >= 11 is 0. The summed E-state index contributed by atoms with van der Waals surface area (Å²) in [5.74, 6) is 5.17. The Morgan fingerprint density at radius 1 is 1.37 bits per heavy atom. The first-order valence-electron chi connectivity index (χ1n) is 5.72. The van der Waals surface area contributed by atoms with Gasteiger partial charge in [-0.1, -0.05) is 6.92 Å². The van der Waals surface area contributed by atoms with Crippen LogP contribution in [-0.2, 0) is 10.9 Å². The van der Waals surface area contributed by atoms with Gasteiger partial charge in [0.05, 0.1) is 18.2 Å². The summed E-state index contributed by atoms with van der Waals surface area (Å²) < 4.78 is 43.1. The highest BCUT2D eigenvalue weighted by molar-refractivity contribution is 5.49. The lowest BCUT2D eigenvalue weighted by molar-refractivity contribution is -0.137. The van der Waals surface area contributed by atoms with Gasteiger partial charge in [-0.3, -0.25) is 0 Å². The molecule has 8 heteroatoms. The number of ether oxygens (including phenoxy) is 1. The van der Waals surface area contributed by atoms with Gasteiger partial charge in [0.15, 0.2) is 0 Å². The smallest absolute Gasteiger partial charge is 0.383 e. The van der Waals surface area contributed by atoms with Crippen LogP contribution >= 0.6 is 0 Å². The number of hydrogen-bond donors (Lipinski definition) is 3. The van der Waals surface area contributed by atoms with Crippen molar-refractivity contribution in [3.63, 3.8) is 0 Å². The number of alkyl halides is 3. The molecular weight excluding hydrogens is 261 g/mol. The van der Waals surface area contributed by atoms with Crippen molar-refractivity contribution in [1.29, 1.82) is 0 Å². The number of hydrazine groups is 1. The summed E-state index contributed by atoms with van der Waals surface area (Å²) in [5, 5.41) is 2.89. The number of nitrogen functional groups attached to an aromatic ring is 1. The zero-order valence-corrected chi connectivity index (χ0v) is 10.7. The molecule has 1 unspecified atom stereocenters. The van der Waals surface area contributed by atoms with Crippen molar-refractivity contribution in [3.8, 4) is 0 Å². The number of aromatic nitrogens is 1. The van der Waals surface area contributed by atoms with E-state index in [-0.39, 0.29) is 17.7 Å². The molecular formula is C11H17F3N4O. The quantitative estimate of drug-likeness (QED) is 0.549. The Kier molecular flexibility index (Phi) is 5.37. The average molecular weight is 278 g/mol. The van der Waals surface area contributed by atoms with E-state index < -0.39 is 11.7 Å². The molecule has 4 N–H and O–H groups in total. The summed E-state index contributed by atoms with van der Waals surface area (Å²) in [6.45, 7) is 2.27. The molecule has 0 spiro atoms. The van der Waals surface area contributed by atoms with Crippen molar-refractivity contribution in [1.82, 2.24) is 4.98 Å². The summed E-state index contributed by atoms with van der Waals surface area (Å²) in [7, 11) is 1.52. The predicted octanol–water partition coefficient (Wildman–Crippen LogP) is 2.22. The van der Waals surface area contributed by atoms with Gasteiger partial charge in [0.1, 0.15) is 11.6 Å². The molecule has 1 aromatic heterocycles. The van der Waals surface area contributed by atoms with Gasteiger partial charge in [-0.25, -0.2) is 10.8 Å². The van der Waals surface area contributed by atoms with Gasteiger partial charge in [-0.2, -0.15) is 13.2 Å². The van der Waals surface area contributed by atoms with E-state index >= 15 is 0 Å². The van der Waals surface area contributed by atoms with Crippen LogP contribution in [0.25, 0.3) is 0 Å². The van der Waals surface area contributed by atoms with Gasteiger partial charge in [0, 0.05) is 7.11 Å². The highest BCUT2D eigenvalue weighted by atomic mass is 19.4. The van der Waals surface area contributed by atoms with E-state index in [4.69, 9.17) is 10.6 Å². The molecule has 1 rings (SSSR count). The number of anilines is 2. The summed E-state index contributed by atoms with van der Waals surface area (Å²) in [4.78, 5) is 3.93. The van der Waals surface area contributed by atoms with Crippen LogP contribution in [0.4, 0.5) is 24.8 Å². The number of pyridine rings is 1. The van der Waals surface area contributed by atoms with Crippen molar-refractivity contribution in [2.45, 2.75) is 25.6 Å². The molecule has 0 saturated heterocycles. The third kappa shape index (κ3) is 4.56. The molecule has 0 saturated carbocycles. The van der Waals surface area contributed by atoms with Crippen LogP contribution in [0.1, 0.15) is 18.9 Å². The third-order valence-corrected chi connectivity index (χ3v) is 2.51. The van der Waals surface area contributed by atoms with Crippen LogP contribution in [0.5, 0.6) is 0 Å². The molecule has 0 aliphatic rings. The van der Waals surface area contributed by atoms with Crippen LogP contribution in [0.15, 0.2) is 12.1 Å². The van der Waals surface area contributed by atoms with Crippen LogP contribution in [-0.4, -0.2) is 24.7 Å². The zero-order valence-electron chi connectivity index (χ0n) is 10.7. The lowest BCUT2D eigenvalue weighted by atomic mass is 10.2. The maximum atomic E-state index is 12.7. The van der Waals surface area contributed by atoms with E-state index in [1.54, 1.807) is 0 Å². The minimum atomic E-state index is -4.45. The Labute approximate surface area is 109 Å². The highest BCUT2D eigenvalue weighted by Crippen LogP contribution is 2.32. The topological polar surface area (TPSA) is 72.2 Å². The standard InChI is InChI=1S/C11H17F3N4O/c1-3-8(6-19-2)16-9-4-7(11(12,13)14)5-10(17-9)18-15/h4-5,8H,3,6,15H2,1-2H3,(H2,16,17,18). The molecule has 0 bridgehead atoms. The Hall–Kier alpha value is -1.54. The van der Waals surface area contributed by atoms with E-state index in [1.165, 1.54) is 7.11 Å². The molecule has 1 heterocycles. The second kappa shape index (κ2) is 6.58. The molecule has 0 aliphatic heterocycles. The van der Waals surface area contributed by atoms with Crippen LogP contribution in [0.2, 0.25) is 0 Å². The lowest BCUT2D eigenvalue weighted by Crippen LogP contribution is -2.25. The van der Waals surface area contributed by atoms with E-state index in [1.807, 2.05) is 6.92 Å². The monoisotopic (exact) mass is 278 g/mol. The van der Waals surface area contributed by atoms with Crippen LogP contribution < -0.4 is 16.6 Å². The fraction of sp³-hybridized carbons (Fsp3) is 0.545. The fourth-order valence-corrected chi connectivity index (χ4v) is 1.51. The normalized spacial score (nSPS) is 13.2. The van der Waals surface area contributed by atoms with E-state index in [9.17, 15) is 13.2 Å². The van der Waals surface area contributed by atoms with Gasteiger partial charge in [0.2, 0.25) is 0 Å². The van der Waals surface area contributed by atoms with Crippen molar-refractivity contribution in [2.24, 2.45) is 5.84 Å². The highest BCUT2D eigenvalue weighted by Gasteiger charge is 2.31. The van der Waals surface area contributed by atoms with E-state index in [2.05, 4.69) is 15.7 Å². The first kappa shape index (κ1) is 15.5. The molecule has 1 aromatic rings. The van der Waals surface area contributed by atoms with Crippen LogP contribution in [0, 0.1) is 0 Å². The van der Waals surface area contributed by atoms with Gasteiger partial charge in [0.25, 0.3) is 0 Å². The largest absolute Gasteiger partial charge is 0.416 e. The molecule has 0 aliphatic carbocycles. The molecule has 1 atom stereocenters. The molecule has 0 radical (unpaired) electrons. The zero-order chi connectivity index (χ0) is 14.5. The summed E-state index contributed by atoms with van der Waals surface area (Å²) in [5.41, 5.74) is 1.31. The van der Waals surface area contributed by atoms with Gasteiger partial charge < -0.3 is 15.5 Å². The van der Waals surface area contributed by atoms with Gasteiger partial charge in [-0.05, 0) is 18.6 Å². The fourth-order valence-electron chi connectivity index (χ4n) is 1.51. The maximum Gasteiger partial charge on any atom is 0.416 e. The summed E-state index contributed by atoms with van der Waals surface area (Å²) in [6.07, 6.45) is -3.76. The Morgan fingerprint density at radius 2 is 2.00 bits per heavy atom. The Morgan fingerprint density at radius 3 is 2.47 bits per heavy atom. The minimum absolute atomic E-state index is 0.0513. The second-order valence-corrected chi connectivity index (χ2v) is 3.97. The third-order valence-electron chi connectivity index (χ3n) is 2.51. The number of nitrogens with two attached hydrogens (primary N) is 1. The molecule has 0 amide bonds. The molecule has 0 aromatic carbocycles.